The Bertz CT molecular complexity index is 818. The molecule has 1 N–H and O–H groups in total. The van der Waals surface area contributed by atoms with E-state index in [9.17, 15) is 4.79 Å². The molecule has 3 rings (SSSR count). The molecular weight excluding hydrogens is 374 g/mol. The van der Waals surface area contributed by atoms with Gasteiger partial charge < -0.3 is 24.1 Å². The van der Waals surface area contributed by atoms with E-state index in [4.69, 9.17) is 18.7 Å². The van der Waals surface area contributed by atoms with Crippen LogP contribution >= 0.6 is 0 Å². The summed E-state index contributed by atoms with van der Waals surface area (Å²) in [5.74, 6) is 2.52. The van der Waals surface area contributed by atoms with E-state index >= 15 is 0 Å². The van der Waals surface area contributed by atoms with Crippen LogP contribution < -0.4 is 19.5 Å². The fourth-order valence-corrected chi connectivity index (χ4v) is 3.66. The number of benzene rings is 1. The zero-order valence-corrected chi connectivity index (χ0v) is 17.7. The van der Waals surface area contributed by atoms with Crippen molar-refractivity contribution in [2.45, 2.75) is 45.6 Å². The molecule has 1 saturated carbocycles. The molecular formula is C21H29N3O5. The predicted molar refractivity (Wildman–Crippen MR) is 107 cm³/mol. The lowest BCUT2D eigenvalue weighted by Gasteiger charge is -2.20. The van der Waals surface area contributed by atoms with Crippen LogP contribution in [0.5, 0.6) is 17.2 Å². The van der Waals surface area contributed by atoms with E-state index in [2.05, 4.69) is 15.5 Å². The largest absolute Gasteiger partial charge is 0.493 e. The highest BCUT2D eigenvalue weighted by Gasteiger charge is 2.30. The first-order chi connectivity index (χ1) is 14.0. The molecule has 0 aliphatic heterocycles. The molecule has 8 heteroatoms. The van der Waals surface area contributed by atoms with Gasteiger partial charge in [0, 0.05) is 11.5 Å². The Morgan fingerprint density at radius 2 is 1.72 bits per heavy atom. The first-order valence-electron chi connectivity index (χ1n) is 9.92. The molecule has 1 aromatic carbocycles. The molecule has 0 radical (unpaired) electrons. The number of aromatic nitrogens is 2. The summed E-state index contributed by atoms with van der Waals surface area (Å²) in [6.07, 6.45) is 4.10. The Morgan fingerprint density at radius 3 is 2.24 bits per heavy atom. The highest BCUT2D eigenvalue weighted by atomic mass is 16.5. The van der Waals surface area contributed by atoms with E-state index in [1.807, 2.05) is 13.8 Å². The molecule has 29 heavy (non-hydrogen) atoms. The van der Waals surface area contributed by atoms with Crippen LogP contribution in [0, 0.1) is 11.8 Å². The standard InChI is InChI=1S/C21H29N3O5/c1-12(2)17(22-20(25)13-8-6-7-9-13)21-23-19(24-29-21)14-10-15(26-3)18(28-5)16(11-14)27-4/h10-13,17H,6-9H2,1-5H3,(H,22,25)/t17-/m1/s1. The summed E-state index contributed by atoms with van der Waals surface area (Å²) >= 11 is 0. The van der Waals surface area contributed by atoms with Gasteiger partial charge in [0.05, 0.1) is 21.3 Å². The average molecular weight is 403 g/mol. The number of methoxy groups -OCH3 is 3. The zero-order chi connectivity index (χ0) is 21.0. The molecule has 2 aromatic rings. The Morgan fingerprint density at radius 1 is 1.10 bits per heavy atom. The SMILES string of the molecule is COc1cc(-c2noc([C@H](NC(=O)C3CCCC3)C(C)C)n2)cc(OC)c1OC. The number of ether oxygens (including phenoxy) is 3. The Balaban J connectivity index is 1.87. The molecule has 1 fully saturated rings. The summed E-state index contributed by atoms with van der Waals surface area (Å²) in [7, 11) is 4.65. The van der Waals surface area contributed by atoms with Crippen molar-refractivity contribution in [2.24, 2.45) is 11.8 Å². The van der Waals surface area contributed by atoms with Crippen LogP contribution in [0.25, 0.3) is 11.4 Å². The minimum atomic E-state index is -0.341. The van der Waals surface area contributed by atoms with Crippen LogP contribution in [0.4, 0.5) is 0 Å². The highest BCUT2D eigenvalue weighted by Crippen LogP contribution is 2.40. The van der Waals surface area contributed by atoms with Crippen molar-refractivity contribution < 1.29 is 23.5 Å². The van der Waals surface area contributed by atoms with E-state index < -0.39 is 0 Å². The quantitative estimate of drug-likeness (QED) is 0.717. The number of rotatable bonds is 8. The molecule has 1 heterocycles. The lowest BCUT2D eigenvalue weighted by atomic mass is 10.0. The highest BCUT2D eigenvalue weighted by molar-refractivity contribution is 5.79. The zero-order valence-electron chi connectivity index (χ0n) is 17.7. The molecule has 1 amide bonds. The fraction of sp³-hybridized carbons (Fsp3) is 0.571. The Kier molecular flexibility index (Phi) is 6.61. The number of carbonyl (C=O) groups is 1. The predicted octanol–water partition coefficient (Wildman–Crippen LogP) is 3.77. The van der Waals surface area contributed by atoms with E-state index in [0.29, 0.717) is 34.5 Å². The van der Waals surface area contributed by atoms with Crippen molar-refractivity contribution in [1.82, 2.24) is 15.5 Å². The number of carbonyl (C=O) groups excluding carboxylic acids is 1. The summed E-state index contributed by atoms with van der Waals surface area (Å²) in [5.41, 5.74) is 0.666. The van der Waals surface area contributed by atoms with E-state index in [1.54, 1.807) is 33.5 Å². The maximum atomic E-state index is 12.6. The number of hydrogen-bond donors (Lipinski definition) is 1. The molecule has 8 nitrogen and oxygen atoms in total. The molecule has 0 saturated heterocycles. The van der Waals surface area contributed by atoms with Gasteiger partial charge in [-0.2, -0.15) is 4.98 Å². The maximum Gasteiger partial charge on any atom is 0.249 e. The number of nitrogens with one attached hydrogen (secondary N) is 1. The summed E-state index contributed by atoms with van der Waals surface area (Å²) in [6.45, 7) is 4.03. The van der Waals surface area contributed by atoms with Crippen LogP contribution in [-0.2, 0) is 4.79 Å². The van der Waals surface area contributed by atoms with Crippen molar-refractivity contribution in [3.8, 4) is 28.6 Å². The topological polar surface area (TPSA) is 95.7 Å². The monoisotopic (exact) mass is 403 g/mol. The van der Waals surface area contributed by atoms with Gasteiger partial charge in [0.25, 0.3) is 0 Å². The molecule has 0 spiro atoms. The van der Waals surface area contributed by atoms with E-state index in [-0.39, 0.29) is 23.8 Å². The fourth-order valence-electron chi connectivity index (χ4n) is 3.66. The van der Waals surface area contributed by atoms with Gasteiger partial charge in [0.2, 0.25) is 23.4 Å². The van der Waals surface area contributed by atoms with Crippen molar-refractivity contribution >= 4 is 5.91 Å². The second-order valence-corrected chi connectivity index (χ2v) is 7.58. The summed E-state index contributed by atoms with van der Waals surface area (Å²) in [6, 6.07) is 3.18. The smallest absolute Gasteiger partial charge is 0.249 e. The molecule has 1 aliphatic carbocycles. The maximum absolute atomic E-state index is 12.6. The molecule has 158 valence electrons. The van der Waals surface area contributed by atoms with Gasteiger partial charge in [-0.1, -0.05) is 31.8 Å². The first-order valence-corrected chi connectivity index (χ1v) is 9.92. The lowest BCUT2D eigenvalue weighted by molar-refractivity contribution is -0.126. The first kappa shape index (κ1) is 21.0. The third-order valence-electron chi connectivity index (χ3n) is 5.32. The number of nitrogens with zero attached hydrogens (tertiary/aromatic N) is 2. The third-order valence-corrected chi connectivity index (χ3v) is 5.32. The molecule has 0 bridgehead atoms. The minimum Gasteiger partial charge on any atom is -0.493 e. The van der Waals surface area contributed by atoms with Crippen molar-refractivity contribution in [2.75, 3.05) is 21.3 Å². The van der Waals surface area contributed by atoms with Gasteiger partial charge in [-0.3, -0.25) is 4.79 Å². The normalized spacial score (nSPS) is 15.4. The van der Waals surface area contributed by atoms with Crippen LogP contribution in [0.1, 0.15) is 51.5 Å². The Hall–Kier alpha value is -2.77. The van der Waals surface area contributed by atoms with Gasteiger partial charge in [0.1, 0.15) is 6.04 Å². The second-order valence-electron chi connectivity index (χ2n) is 7.58. The van der Waals surface area contributed by atoms with Crippen molar-refractivity contribution in [3.05, 3.63) is 18.0 Å². The number of amides is 1. The summed E-state index contributed by atoms with van der Waals surface area (Å²) < 4.78 is 21.7. The van der Waals surface area contributed by atoms with Gasteiger partial charge in [-0.25, -0.2) is 0 Å². The molecule has 1 aliphatic rings. The van der Waals surface area contributed by atoms with Gasteiger partial charge in [-0.15, -0.1) is 0 Å². The summed E-state index contributed by atoms with van der Waals surface area (Å²) in [5, 5.41) is 7.21. The second kappa shape index (κ2) is 9.15. The van der Waals surface area contributed by atoms with Crippen LogP contribution in [0.3, 0.4) is 0 Å². The van der Waals surface area contributed by atoms with E-state index in [1.165, 1.54) is 0 Å². The summed E-state index contributed by atoms with van der Waals surface area (Å²) in [4.78, 5) is 17.1. The van der Waals surface area contributed by atoms with Gasteiger partial charge in [-0.05, 0) is 30.9 Å². The number of hydrogen-bond acceptors (Lipinski definition) is 7. The molecule has 0 unspecified atom stereocenters. The van der Waals surface area contributed by atoms with Crippen molar-refractivity contribution in [1.29, 1.82) is 0 Å². The molecule has 1 atom stereocenters. The third kappa shape index (κ3) is 4.46. The van der Waals surface area contributed by atoms with Crippen LogP contribution in [-0.4, -0.2) is 37.4 Å². The van der Waals surface area contributed by atoms with Gasteiger partial charge in [0.15, 0.2) is 11.5 Å². The average Bonchev–Trinajstić information content (AvgIpc) is 3.42. The Labute approximate surface area is 170 Å². The van der Waals surface area contributed by atoms with Gasteiger partial charge >= 0.3 is 0 Å². The van der Waals surface area contributed by atoms with E-state index in [0.717, 1.165) is 25.7 Å². The van der Waals surface area contributed by atoms with Crippen LogP contribution in [0.15, 0.2) is 16.7 Å². The molecule has 1 aromatic heterocycles. The minimum absolute atomic E-state index is 0.0636. The lowest BCUT2D eigenvalue weighted by Crippen LogP contribution is -2.35. The van der Waals surface area contributed by atoms with Crippen molar-refractivity contribution in [3.63, 3.8) is 0 Å². The van der Waals surface area contributed by atoms with Crippen LogP contribution in [0.2, 0.25) is 0 Å².